The largest absolute Gasteiger partial charge is 0.501 e. The number of nitrogens with one attached hydrogen (secondary N) is 1. The summed E-state index contributed by atoms with van der Waals surface area (Å²) in [5.41, 5.74) is 0.318. The van der Waals surface area contributed by atoms with Crippen LogP contribution in [0.15, 0.2) is 144 Å². The third-order valence-electron chi connectivity index (χ3n) is 14.4. The zero-order valence-electron chi connectivity index (χ0n) is 42.4. The fourth-order valence-corrected chi connectivity index (χ4v) is 14.5. The Labute approximate surface area is 451 Å². The van der Waals surface area contributed by atoms with E-state index in [1.54, 1.807) is 24.3 Å². The zero-order chi connectivity index (χ0) is 53.9. The number of carboxylic acid groups (broad SMARTS) is 1. The summed E-state index contributed by atoms with van der Waals surface area (Å²) in [5, 5.41) is 23.7. The van der Waals surface area contributed by atoms with E-state index in [9.17, 15) is 41.2 Å². The Morgan fingerprint density at radius 2 is 1.50 bits per heavy atom. The van der Waals surface area contributed by atoms with Crippen LogP contribution in [0.25, 0.3) is 22.4 Å². The first kappa shape index (κ1) is 54.9. The number of thioether (sulfide) groups is 1. The Morgan fingerprint density at radius 3 is 2.13 bits per heavy atom. The van der Waals surface area contributed by atoms with Gasteiger partial charge in [-0.05, 0) is 149 Å². The standard InChI is InChI=1S/C56H61ClF3N6O7PS2/c1-38(2)66-39(3)52(55(68)69)53(54(66)41-12-14-43(57)15-13-41)42-8-7-9-47(34-42)64-30-28-63(29-31-64)45-16-18-46(19-17-45)65-32-33-73-74(65,70)48-20-21-50(51(35-48)76(71,72)56(58,59)60)61-44(37-75-49-10-5-4-6-11-49)24-27-62-25-22-40(36-67)23-26-62/h4-21,32-35,38,40,44,61,67H,22-31,36-37H2,1-3H3,(H,68,69)/t44?,74-/m0/s1. The number of hydrogen-bond donors (Lipinski definition) is 3. The van der Waals surface area contributed by atoms with E-state index in [1.807, 2.05) is 99.6 Å². The second kappa shape index (κ2) is 23.0. The number of aliphatic hydroxyl groups is 1. The highest BCUT2D eigenvalue weighted by atomic mass is 35.5. The van der Waals surface area contributed by atoms with Gasteiger partial charge in [-0.1, -0.05) is 54.1 Å². The van der Waals surface area contributed by atoms with Gasteiger partial charge in [-0.25, -0.2) is 17.8 Å². The van der Waals surface area contributed by atoms with Crippen molar-refractivity contribution in [3.63, 3.8) is 0 Å². The molecule has 0 bridgehead atoms. The van der Waals surface area contributed by atoms with E-state index in [4.69, 9.17) is 16.1 Å². The van der Waals surface area contributed by atoms with Crippen LogP contribution >= 0.6 is 30.9 Å². The number of aliphatic hydroxyl groups excluding tert-OH is 1. The molecule has 76 heavy (non-hydrogen) atoms. The highest BCUT2D eigenvalue weighted by molar-refractivity contribution is 7.99. The molecular formula is C56H61ClF3N6O7PS2. The van der Waals surface area contributed by atoms with Crippen LogP contribution in [0, 0.1) is 12.8 Å². The van der Waals surface area contributed by atoms with Crippen molar-refractivity contribution in [3.05, 3.63) is 150 Å². The number of nitrogens with zero attached hydrogens (tertiary/aromatic N) is 5. The Bertz CT molecular complexity index is 3220. The number of anilines is 4. The summed E-state index contributed by atoms with van der Waals surface area (Å²) in [4.78, 5) is 19.5. The maximum absolute atomic E-state index is 14.9. The second-order valence-corrected chi connectivity index (χ2v) is 25.2. The van der Waals surface area contributed by atoms with E-state index in [-0.39, 0.29) is 35.1 Å². The SMILES string of the molecule is Cc1c(C(=O)O)c(-c2cccc(N3CCN(c4ccc(N5C=CO[P@@]5(=O)c5ccc(NC(CCN6CCC(CO)CC6)CSc6ccccc6)c(S(=O)(=O)C(F)(F)F)c5)cc4)CC3)c2)c(-c2ccc(Cl)cc2)n1C(C)C. The number of aromatic nitrogens is 1. The van der Waals surface area contributed by atoms with Gasteiger partial charge < -0.3 is 39.3 Å². The first-order valence-corrected chi connectivity index (χ1v) is 29.7. The molecule has 3 aliphatic heterocycles. The van der Waals surface area contributed by atoms with Gasteiger partial charge >= 0.3 is 19.0 Å². The van der Waals surface area contributed by atoms with Crippen molar-refractivity contribution in [1.29, 1.82) is 0 Å². The summed E-state index contributed by atoms with van der Waals surface area (Å²) in [6.45, 7) is 10.8. The lowest BCUT2D eigenvalue weighted by Gasteiger charge is -2.37. The average Bonchev–Trinajstić information content (AvgIpc) is 4.10. The Hall–Kier alpha value is -5.88. The number of likely N-dealkylation sites (tertiary alicyclic amines) is 1. The van der Waals surface area contributed by atoms with Crippen molar-refractivity contribution >= 4 is 74.7 Å². The van der Waals surface area contributed by atoms with Gasteiger partial charge in [0, 0.05) is 95.9 Å². The smallest absolute Gasteiger partial charge is 0.478 e. The molecule has 0 radical (unpaired) electrons. The third-order valence-corrected chi connectivity index (χ3v) is 19.7. The van der Waals surface area contributed by atoms with Crippen LogP contribution in [0.5, 0.6) is 0 Å². The van der Waals surface area contributed by atoms with Gasteiger partial charge in [0.25, 0.3) is 9.84 Å². The minimum absolute atomic E-state index is 0.0221. The number of carbonyl (C=O) groups is 1. The van der Waals surface area contributed by atoms with Crippen LogP contribution in [0.3, 0.4) is 0 Å². The third kappa shape index (κ3) is 11.5. The maximum Gasteiger partial charge on any atom is 0.501 e. The van der Waals surface area contributed by atoms with Gasteiger partial charge in [0.15, 0.2) is 0 Å². The molecule has 4 heterocycles. The summed E-state index contributed by atoms with van der Waals surface area (Å²) >= 11 is 7.77. The minimum atomic E-state index is -5.96. The topological polar surface area (TPSA) is 148 Å². The molecule has 2 fully saturated rings. The number of hydrogen-bond acceptors (Lipinski definition) is 11. The number of rotatable bonds is 18. The summed E-state index contributed by atoms with van der Waals surface area (Å²) in [7, 11) is -10.2. The molecule has 13 nitrogen and oxygen atoms in total. The number of halogens is 4. The molecule has 20 heteroatoms. The van der Waals surface area contributed by atoms with Crippen LogP contribution in [-0.4, -0.2) is 104 Å². The van der Waals surface area contributed by atoms with Crippen molar-refractivity contribution < 1.29 is 45.7 Å². The molecule has 5 aromatic carbocycles. The molecule has 0 aliphatic carbocycles. The Kier molecular flexibility index (Phi) is 16.6. The predicted molar refractivity (Wildman–Crippen MR) is 298 cm³/mol. The van der Waals surface area contributed by atoms with E-state index in [0.29, 0.717) is 66.9 Å². The van der Waals surface area contributed by atoms with E-state index in [2.05, 4.69) is 24.6 Å². The molecule has 1 unspecified atom stereocenters. The summed E-state index contributed by atoms with van der Waals surface area (Å²) in [5.74, 6) is -0.357. The van der Waals surface area contributed by atoms with Crippen LogP contribution in [0.2, 0.25) is 5.02 Å². The predicted octanol–water partition coefficient (Wildman–Crippen LogP) is 12.2. The summed E-state index contributed by atoms with van der Waals surface area (Å²) < 4.78 is 94.5. The van der Waals surface area contributed by atoms with Crippen LogP contribution < -0.4 is 25.1 Å². The highest BCUT2D eigenvalue weighted by Gasteiger charge is 2.49. The van der Waals surface area contributed by atoms with E-state index < -0.39 is 39.8 Å². The Morgan fingerprint density at radius 1 is 0.842 bits per heavy atom. The lowest BCUT2D eigenvalue weighted by atomic mass is 9.96. The zero-order valence-corrected chi connectivity index (χ0v) is 45.6. The monoisotopic (exact) mass is 1120 g/mol. The van der Waals surface area contributed by atoms with Crippen molar-refractivity contribution in [2.45, 2.75) is 67.4 Å². The number of piperazine rings is 1. The number of sulfone groups is 1. The number of aromatic carboxylic acids is 1. The summed E-state index contributed by atoms with van der Waals surface area (Å²) in [6, 6.07) is 35.1. The molecule has 2 saturated heterocycles. The molecule has 9 rings (SSSR count). The first-order valence-electron chi connectivity index (χ1n) is 25.3. The Balaban J connectivity index is 0.921. The molecule has 0 amide bonds. The van der Waals surface area contributed by atoms with Crippen molar-refractivity contribution in [3.8, 4) is 22.4 Å². The maximum atomic E-state index is 14.9. The molecule has 6 aromatic rings. The molecule has 1 aromatic heterocycles. The van der Waals surface area contributed by atoms with Gasteiger partial charge in [-0.2, -0.15) is 13.2 Å². The molecule has 0 spiro atoms. The van der Waals surface area contributed by atoms with Gasteiger partial charge in [0.1, 0.15) is 11.2 Å². The fraction of sp³-hybridized carbons (Fsp3) is 0.339. The summed E-state index contributed by atoms with van der Waals surface area (Å²) in [6.07, 6.45) is 4.77. The average molecular weight is 1120 g/mol. The van der Waals surface area contributed by atoms with E-state index in [0.717, 1.165) is 65.1 Å². The lowest BCUT2D eigenvalue weighted by molar-refractivity contribution is -0.0435. The van der Waals surface area contributed by atoms with Crippen molar-refractivity contribution in [2.75, 3.05) is 78.0 Å². The number of piperidine rings is 1. The number of carboxylic acids is 1. The number of alkyl halides is 3. The lowest BCUT2D eigenvalue weighted by Crippen LogP contribution is -2.46. The molecule has 3 aliphatic rings. The van der Waals surface area contributed by atoms with E-state index >= 15 is 0 Å². The quantitative estimate of drug-likeness (QED) is 0.0554. The van der Waals surface area contributed by atoms with E-state index in [1.165, 1.54) is 41.0 Å². The fourth-order valence-electron chi connectivity index (χ4n) is 10.4. The molecule has 3 N–H and O–H groups in total. The first-order chi connectivity index (χ1) is 36.4. The molecular weight excluding hydrogens is 1060 g/mol. The molecule has 0 saturated carbocycles. The van der Waals surface area contributed by atoms with Crippen molar-refractivity contribution in [1.82, 2.24) is 9.47 Å². The van der Waals surface area contributed by atoms with Gasteiger partial charge in [-0.3, -0.25) is 4.67 Å². The van der Waals surface area contributed by atoms with Crippen molar-refractivity contribution in [2.24, 2.45) is 5.92 Å². The molecule has 402 valence electrons. The van der Waals surface area contributed by atoms with Gasteiger partial charge in [0.2, 0.25) is 0 Å². The molecule has 2 atom stereocenters. The van der Waals surface area contributed by atoms with Gasteiger partial charge in [0.05, 0.1) is 27.9 Å². The van der Waals surface area contributed by atoms with Crippen LogP contribution in [-0.2, 0) is 18.9 Å². The van der Waals surface area contributed by atoms with Crippen LogP contribution in [0.1, 0.15) is 55.2 Å². The highest BCUT2D eigenvalue weighted by Crippen LogP contribution is 2.57. The number of benzene rings is 5. The normalized spacial score (nSPS) is 18.1. The minimum Gasteiger partial charge on any atom is -0.478 e. The second-order valence-electron chi connectivity index (χ2n) is 19.6. The van der Waals surface area contributed by atoms with Gasteiger partial charge in [-0.15, -0.1) is 11.8 Å². The van der Waals surface area contributed by atoms with Crippen LogP contribution in [0.4, 0.5) is 35.9 Å².